The minimum absolute atomic E-state index is 0.173. The molecule has 3 aromatic rings. The van der Waals surface area contributed by atoms with Crippen molar-refractivity contribution in [3.8, 4) is 5.75 Å². The van der Waals surface area contributed by atoms with Crippen LogP contribution in [0.15, 0.2) is 78.9 Å². The highest BCUT2D eigenvalue weighted by Gasteiger charge is 2.36. The number of ether oxygens (including phenoxy) is 1. The van der Waals surface area contributed by atoms with Crippen molar-refractivity contribution in [2.45, 2.75) is 6.42 Å². The van der Waals surface area contributed by atoms with E-state index < -0.39 is 0 Å². The third kappa shape index (κ3) is 3.87. The van der Waals surface area contributed by atoms with E-state index in [9.17, 15) is 14.4 Å². The predicted octanol–water partition coefficient (Wildman–Crippen LogP) is 3.89. The number of hydrogen-bond acceptors (Lipinski definition) is 4. The quantitative estimate of drug-likeness (QED) is 0.652. The minimum Gasteiger partial charge on any atom is -0.493 e. The van der Waals surface area contributed by atoms with E-state index in [1.807, 2.05) is 30.3 Å². The predicted molar refractivity (Wildman–Crippen MR) is 109 cm³/mol. The maximum Gasteiger partial charge on any atom is 0.266 e. The van der Waals surface area contributed by atoms with Crippen LogP contribution in [-0.2, 0) is 4.79 Å². The zero-order chi connectivity index (χ0) is 20.2. The molecule has 3 amide bonds. The number of rotatable bonds is 6. The summed E-state index contributed by atoms with van der Waals surface area (Å²) in [6, 6.07) is 22.6. The van der Waals surface area contributed by atoms with Gasteiger partial charge >= 0.3 is 0 Å². The zero-order valence-corrected chi connectivity index (χ0v) is 15.5. The molecule has 1 aliphatic heterocycles. The standard InChI is InChI=1S/C23H18N2O4/c26-21(13-14-29-18-9-2-1-3-10-18)24-16-7-6-8-17(15-16)25-22(27)19-11-4-5-12-20(19)23(25)28/h1-12,15H,13-14H2,(H,24,26). The van der Waals surface area contributed by atoms with Crippen molar-refractivity contribution < 1.29 is 19.1 Å². The molecule has 0 atom stereocenters. The molecule has 0 unspecified atom stereocenters. The summed E-state index contributed by atoms with van der Waals surface area (Å²) in [7, 11) is 0. The highest BCUT2D eigenvalue weighted by Crippen LogP contribution is 2.29. The normalized spacial score (nSPS) is 12.6. The first-order valence-corrected chi connectivity index (χ1v) is 9.19. The Bertz CT molecular complexity index is 1040. The van der Waals surface area contributed by atoms with Gasteiger partial charge in [-0.25, -0.2) is 4.90 Å². The van der Waals surface area contributed by atoms with E-state index in [1.165, 1.54) is 0 Å². The van der Waals surface area contributed by atoms with Crippen LogP contribution in [0.3, 0.4) is 0 Å². The average Bonchev–Trinajstić information content (AvgIpc) is 3.00. The van der Waals surface area contributed by atoms with E-state index in [1.54, 1.807) is 48.5 Å². The second kappa shape index (κ2) is 7.98. The largest absolute Gasteiger partial charge is 0.493 e. The molecule has 144 valence electrons. The van der Waals surface area contributed by atoms with E-state index in [4.69, 9.17) is 4.74 Å². The van der Waals surface area contributed by atoms with E-state index in [0.717, 1.165) is 4.90 Å². The van der Waals surface area contributed by atoms with Crippen LogP contribution in [0, 0.1) is 0 Å². The van der Waals surface area contributed by atoms with Crippen LogP contribution in [0.1, 0.15) is 27.1 Å². The van der Waals surface area contributed by atoms with Gasteiger partial charge in [0.05, 0.1) is 29.8 Å². The molecule has 0 saturated carbocycles. The van der Waals surface area contributed by atoms with Crippen molar-refractivity contribution in [2.24, 2.45) is 0 Å². The lowest BCUT2D eigenvalue weighted by atomic mass is 10.1. The van der Waals surface area contributed by atoms with Crippen LogP contribution in [0.2, 0.25) is 0 Å². The summed E-state index contributed by atoms with van der Waals surface area (Å²) >= 11 is 0. The first-order valence-electron chi connectivity index (χ1n) is 9.19. The van der Waals surface area contributed by atoms with Crippen LogP contribution >= 0.6 is 0 Å². The minimum atomic E-state index is -0.370. The third-order valence-corrected chi connectivity index (χ3v) is 4.52. The molecule has 0 radical (unpaired) electrons. The molecular weight excluding hydrogens is 368 g/mol. The maximum atomic E-state index is 12.6. The number of benzene rings is 3. The summed E-state index contributed by atoms with van der Waals surface area (Å²) in [5, 5.41) is 2.77. The molecule has 1 N–H and O–H groups in total. The lowest BCUT2D eigenvalue weighted by Gasteiger charge is -2.15. The number of carbonyl (C=O) groups excluding carboxylic acids is 3. The molecule has 0 fully saturated rings. The molecular formula is C23H18N2O4. The Labute approximate surface area is 167 Å². The summed E-state index contributed by atoms with van der Waals surface area (Å²) in [6.07, 6.45) is 0.173. The van der Waals surface area contributed by atoms with Gasteiger partial charge in [0.15, 0.2) is 0 Å². The summed E-state index contributed by atoms with van der Waals surface area (Å²) in [6.45, 7) is 0.244. The van der Waals surface area contributed by atoms with Gasteiger partial charge in [-0.15, -0.1) is 0 Å². The Hall–Kier alpha value is -3.93. The van der Waals surface area contributed by atoms with Crippen molar-refractivity contribution >= 4 is 29.1 Å². The fourth-order valence-corrected chi connectivity index (χ4v) is 3.15. The Morgan fingerprint density at radius 2 is 1.48 bits per heavy atom. The average molecular weight is 386 g/mol. The van der Waals surface area contributed by atoms with Gasteiger partial charge in [-0.3, -0.25) is 14.4 Å². The van der Waals surface area contributed by atoms with E-state index in [2.05, 4.69) is 5.32 Å². The number of anilines is 2. The first-order chi connectivity index (χ1) is 14.1. The van der Waals surface area contributed by atoms with Gasteiger partial charge in [-0.1, -0.05) is 36.4 Å². The van der Waals surface area contributed by atoms with Crippen LogP contribution in [-0.4, -0.2) is 24.3 Å². The molecule has 6 heteroatoms. The summed E-state index contributed by atoms with van der Waals surface area (Å²) in [4.78, 5) is 38.6. The summed E-state index contributed by atoms with van der Waals surface area (Å²) in [5.41, 5.74) is 1.67. The summed E-state index contributed by atoms with van der Waals surface area (Å²) < 4.78 is 5.52. The van der Waals surface area contributed by atoms with Crippen molar-refractivity contribution in [3.05, 3.63) is 90.0 Å². The second-order valence-electron chi connectivity index (χ2n) is 6.50. The third-order valence-electron chi connectivity index (χ3n) is 4.52. The summed E-state index contributed by atoms with van der Waals surface area (Å²) in [5.74, 6) is -0.260. The van der Waals surface area contributed by atoms with E-state index >= 15 is 0 Å². The Morgan fingerprint density at radius 1 is 0.828 bits per heavy atom. The second-order valence-corrected chi connectivity index (χ2v) is 6.50. The smallest absolute Gasteiger partial charge is 0.266 e. The van der Waals surface area contributed by atoms with Crippen LogP contribution in [0.5, 0.6) is 5.75 Å². The maximum absolute atomic E-state index is 12.6. The van der Waals surface area contributed by atoms with Gasteiger partial charge < -0.3 is 10.1 Å². The molecule has 0 aliphatic carbocycles. The van der Waals surface area contributed by atoms with Crippen LogP contribution in [0.4, 0.5) is 11.4 Å². The lowest BCUT2D eigenvalue weighted by molar-refractivity contribution is -0.116. The number of fused-ring (bicyclic) bond motifs is 1. The Balaban J connectivity index is 1.41. The van der Waals surface area contributed by atoms with Gasteiger partial charge in [0.25, 0.3) is 11.8 Å². The molecule has 6 nitrogen and oxygen atoms in total. The Morgan fingerprint density at radius 3 is 2.17 bits per heavy atom. The van der Waals surface area contributed by atoms with Crippen LogP contribution in [0.25, 0.3) is 0 Å². The first kappa shape index (κ1) is 18.4. The van der Waals surface area contributed by atoms with Crippen molar-refractivity contribution in [2.75, 3.05) is 16.8 Å². The van der Waals surface area contributed by atoms with E-state index in [-0.39, 0.29) is 30.7 Å². The fraction of sp³-hybridized carbons (Fsp3) is 0.0870. The SMILES string of the molecule is O=C(CCOc1ccccc1)Nc1cccc(N2C(=O)c3ccccc3C2=O)c1. The monoisotopic (exact) mass is 386 g/mol. The number of carbonyl (C=O) groups is 3. The van der Waals surface area contributed by atoms with E-state index in [0.29, 0.717) is 28.3 Å². The molecule has 3 aromatic carbocycles. The zero-order valence-electron chi connectivity index (χ0n) is 15.5. The highest BCUT2D eigenvalue weighted by atomic mass is 16.5. The number of nitrogens with one attached hydrogen (secondary N) is 1. The molecule has 0 saturated heterocycles. The molecule has 1 aliphatic rings. The van der Waals surface area contributed by atoms with Crippen molar-refractivity contribution in [1.29, 1.82) is 0 Å². The number of nitrogens with zero attached hydrogens (tertiary/aromatic N) is 1. The number of amides is 3. The van der Waals surface area contributed by atoms with Crippen LogP contribution < -0.4 is 15.0 Å². The van der Waals surface area contributed by atoms with Gasteiger partial charge in [-0.05, 0) is 42.5 Å². The van der Waals surface area contributed by atoms with Crippen molar-refractivity contribution in [3.63, 3.8) is 0 Å². The fourth-order valence-electron chi connectivity index (χ4n) is 3.15. The lowest BCUT2D eigenvalue weighted by Crippen LogP contribution is -2.29. The Kier molecular flexibility index (Phi) is 5.07. The molecule has 1 heterocycles. The van der Waals surface area contributed by atoms with Gasteiger partial charge in [0, 0.05) is 5.69 Å². The number of para-hydroxylation sites is 1. The van der Waals surface area contributed by atoms with Crippen molar-refractivity contribution in [1.82, 2.24) is 0 Å². The molecule has 0 aromatic heterocycles. The van der Waals surface area contributed by atoms with Gasteiger partial charge in [0.1, 0.15) is 5.75 Å². The topological polar surface area (TPSA) is 75.7 Å². The van der Waals surface area contributed by atoms with Gasteiger partial charge in [-0.2, -0.15) is 0 Å². The van der Waals surface area contributed by atoms with Gasteiger partial charge in [0.2, 0.25) is 5.91 Å². The molecule has 29 heavy (non-hydrogen) atoms. The number of imide groups is 1. The molecule has 4 rings (SSSR count). The molecule has 0 spiro atoms. The number of hydrogen-bond donors (Lipinski definition) is 1. The molecule has 0 bridgehead atoms. The highest BCUT2D eigenvalue weighted by molar-refractivity contribution is 6.34.